The molecule has 1 aliphatic rings. The van der Waals surface area contributed by atoms with Gasteiger partial charge in [0.1, 0.15) is 0 Å². The largest absolute Gasteiger partial charge is 0.395 e. The second kappa shape index (κ2) is 5.08. The third kappa shape index (κ3) is 2.11. The van der Waals surface area contributed by atoms with Gasteiger partial charge in [-0.1, -0.05) is 18.8 Å². The van der Waals surface area contributed by atoms with E-state index in [-0.39, 0.29) is 12.0 Å². The van der Waals surface area contributed by atoms with Crippen LogP contribution in [0.25, 0.3) is 0 Å². The lowest BCUT2D eigenvalue weighted by Crippen LogP contribution is -2.35. The monoisotopic (exact) mass is 190 g/mol. The average molecular weight is 190 g/mol. The molecule has 14 heavy (non-hydrogen) atoms. The van der Waals surface area contributed by atoms with Crippen LogP contribution in [0.15, 0.2) is 0 Å². The molecule has 0 radical (unpaired) electrons. The van der Waals surface area contributed by atoms with E-state index in [0.29, 0.717) is 5.92 Å². The molecule has 0 amide bonds. The summed E-state index contributed by atoms with van der Waals surface area (Å²) < 4.78 is 0. The lowest BCUT2D eigenvalue weighted by molar-refractivity contribution is 0.0717. The Hall–Kier alpha value is -0.920. The van der Waals surface area contributed by atoms with Gasteiger partial charge in [-0.3, -0.25) is 0 Å². The van der Waals surface area contributed by atoms with E-state index in [1.165, 1.54) is 6.42 Å². The molecular formula is C13H18O. The number of aliphatic hydroxyl groups is 1. The van der Waals surface area contributed by atoms with Gasteiger partial charge in [-0.15, -0.1) is 18.8 Å². The van der Waals surface area contributed by atoms with Crippen LogP contribution in [0.1, 0.15) is 38.5 Å². The van der Waals surface area contributed by atoms with E-state index in [0.717, 1.165) is 32.1 Å². The van der Waals surface area contributed by atoms with Crippen molar-refractivity contribution in [1.82, 2.24) is 0 Å². The molecule has 0 saturated heterocycles. The molecule has 0 bridgehead atoms. The van der Waals surface area contributed by atoms with Crippen LogP contribution in [0.2, 0.25) is 0 Å². The first-order valence-corrected chi connectivity index (χ1v) is 5.31. The highest BCUT2D eigenvalue weighted by Crippen LogP contribution is 2.42. The second-order valence-corrected chi connectivity index (χ2v) is 4.14. The average Bonchev–Trinajstić information content (AvgIpc) is 2.26. The summed E-state index contributed by atoms with van der Waals surface area (Å²) in [7, 11) is 0. The van der Waals surface area contributed by atoms with E-state index in [9.17, 15) is 5.11 Å². The minimum Gasteiger partial charge on any atom is -0.395 e. The van der Waals surface area contributed by atoms with Gasteiger partial charge in [0.2, 0.25) is 0 Å². The van der Waals surface area contributed by atoms with E-state index in [1.54, 1.807) is 0 Å². The minimum atomic E-state index is -0.283. The molecule has 76 valence electrons. The number of hydrogen-bond donors (Lipinski definition) is 1. The summed E-state index contributed by atoms with van der Waals surface area (Å²) in [4.78, 5) is 0. The summed E-state index contributed by atoms with van der Waals surface area (Å²) in [5, 5.41) is 9.42. The zero-order valence-electron chi connectivity index (χ0n) is 8.63. The van der Waals surface area contributed by atoms with Crippen molar-refractivity contribution in [3.63, 3.8) is 0 Å². The van der Waals surface area contributed by atoms with E-state index in [1.807, 2.05) is 0 Å². The van der Waals surface area contributed by atoms with E-state index < -0.39 is 0 Å². The summed E-state index contributed by atoms with van der Waals surface area (Å²) in [6.45, 7) is 0.110. The van der Waals surface area contributed by atoms with Crippen LogP contribution < -0.4 is 0 Å². The zero-order chi connectivity index (χ0) is 10.4. The molecule has 1 rings (SSSR count). The van der Waals surface area contributed by atoms with Crippen molar-refractivity contribution in [3.8, 4) is 24.7 Å². The maximum Gasteiger partial charge on any atom is 0.0599 e. The summed E-state index contributed by atoms with van der Waals surface area (Å²) in [6, 6.07) is 0. The highest BCUT2D eigenvalue weighted by atomic mass is 16.3. The fourth-order valence-corrected chi connectivity index (χ4v) is 2.43. The molecule has 0 unspecified atom stereocenters. The lowest BCUT2D eigenvalue weighted by atomic mass is 9.65. The molecule has 0 heterocycles. The van der Waals surface area contributed by atoms with Crippen LogP contribution in [0.3, 0.4) is 0 Å². The Balaban J connectivity index is 2.68. The van der Waals surface area contributed by atoms with Crippen molar-refractivity contribution in [3.05, 3.63) is 0 Å². The first-order chi connectivity index (χ1) is 6.79. The molecule has 1 saturated carbocycles. The number of terminal acetylenes is 2. The van der Waals surface area contributed by atoms with Crippen molar-refractivity contribution in [1.29, 1.82) is 0 Å². The van der Waals surface area contributed by atoms with Crippen molar-refractivity contribution in [2.75, 3.05) is 6.61 Å². The van der Waals surface area contributed by atoms with Crippen molar-refractivity contribution in [2.45, 2.75) is 38.5 Å². The Morgan fingerprint density at radius 2 is 2.14 bits per heavy atom. The third-order valence-electron chi connectivity index (χ3n) is 3.41. The van der Waals surface area contributed by atoms with Gasteiger partial charge in [0.05, 0.1) is 12.0 Å². The predicted molar refractivity (Wildman–Crippen MR) is 58.4 cm³/mol. The van der Waals surface area contributed by atoms with Crippen molar-refractivity contribution in [2.24, 2.45) is 11.3 Å². The third-order valence-corrected chi connectivity index (χ3v) is 3.41. The number of rotatable bonds is 3. The number of hydrogen-bond acceptors (Lipinski definition) is 1. The first-order valence-electron chi connectivity index (χ1n) is 5.31. The Morgan fingerprint density at radius 3 is 2.71 bits per heavy atom. The summed E-state index contributed by atoms with van der Waals surface area (Å²) in [6.07, 6.45) is 17.0. The highest BCUT2D eigenvalue weighted by Gasteiger charge is 2.37. The van der Waals surface area contributed by atoms with Crippen LogP contribution in [0.5, 0.6) is 0 Å². The molecule has 0 aliphatic heterocycles. The fraction of sp³-hybridized carbons (Fsp3) is 0.692. The summed E-state index contributed by atoms with van der Waals surface area (Å²) in [5.74, 6) is 5.88. The minimum absolute atomic E-state index is 0.110. The Bertz CT molecular complexity index is 255. The highest BCUT2D eigenvalue weighted by molar-refractivity contribution is 5.10. The normalized spacial score (nSPS) is 31.8. The molecular weight excluding hydrogens is 172 g/mol. The van der Waals surface area contributed by atoms with Gasteiger partial charge in [-0.2, -0.15) is 0 Å². The Morgan fingerprint density at radius 1 is 1.36 bits per heavy atom. The topological polar surface area (TPSA) is 20.2 Å². The zero-order valence-corrected chi connectivity index (χ0v) is 8.63. The van der Waals surface area contributed by atoms with Crippen LogP contribution in [-0.4, -0.2) is 11.7 Å². The quantitative estimate of drug-likeness (QED) is 0.676. The SMILES string of the molecule is C#CCC[C@H]1CCCC[C@@]1(C#C)CO. The van der Waals surface area contributed by atoms with Gasteiger partial charge in [0.15, 0.2) is 0 Å². The van der Waals surface area contributed by atoms with Crippen LogP contribution in [0.4, 0.5) is 0 Å². The molecule has 0 spiro atoms. The molecule has 0 aromatic heterocycles. The molecule has 0 aromatic rings. The van der Waals surface area contributed by atoms with Gasteiger partial charge in [-0.25, -0.2) is 0 Å². The van der Waals surface area contributed by atoms with Gasteiger partial charge in [0.25, 0.3) is 0 Å². The second-order valence-electron chi connectivity index (χ2n) is 4.14. The Labute approximate surface area is 86.9 Å². The predicted octanol–water partition coefficient (Wildman–Crippen LogP) is 2.20. The van der Waals surface area contributed by atoms with Gasteiger partial charge in [0, 0.05) is 6.42 Å². The van der Waals surface area contributed by atoms with Gasteiger partial charge < -0.3 is 5.11 Å². The summed E-state index contributed by atoms with van der Waals surface area (Å²) >= 11 is 0. The molecule has 1 heteroatoms. The lowest BCUT2D eigenvalue weighted by Gasteiger charge is -2.39. The van der Waals surface area contributed by atoms with Crippen LogP contribution >= 0.6 is 0 Å². The standard InChI is InChI=1S/C13H18O/c1-3-5-8-12-9-6-7-10-13(12,4-2)11-14/h1-2,12,14H,5-11H2/t12-,13-/m0/s1. The Kier molecular flexibility index (Phi) is 4.05. The summed E-state index contributed by atoms with van der Waals surface area (Å²) in [5.41, 5.74) is -0.283. The van der Waals surface area contributed by atoms with Crippen LogP contribution in [0, 0.1) is 36.0 Å². The molecule has 1 nitrogen and oxygen atoms in total. The van der Waals surface area contributed by atoms with E-state index in [2.05, 4.69) is 11.8 Å². The molecule has 1 aliphatic carbocycles. The van der Waals surface area contributed by atoms with Crippen molar-refractivity contribution >= 4 is 0 Å². The van der Waals surface area contributed by atoms with E-state index >= 15 is 0 Å². The number of aliphatic hydroxyl groups excluding tert-OH is 1. The smallest absolute Gasteiger partial charge is 0.0599 e. The molecule has 1 fully saturated rings. The van der Waals surface area contributed by atoms with Crippen molar-refractivity contribution < 1.29 is 5.11 Å². The van der Waals surface area contributed by atoms with Gasteiger partial charge in [-0.05, 0) is 25.2 Å². The maximum absolute atomic E-state index is 9.42. The fourth-order valence-electron chi connectivity index (χ4n) is 2.43. The maximum atomic E-state index is 9.42. The molecule has 0 aromatic carbocycles. The van der Waals surface area contributed by atoms with Gasteiger partial charge >= 0.3 is 0 Å². The molecule has 1 N–H and O–H groups in total. The first kappa shape index (κ1) is 11.2. The van der Waals surface area contributed by atoms with Crippen LogP contribution in [-0.2, 0) is 0 Å². The molecule has 2 atom stereocenters. The van der Waals surface area contributed by atoms with E-state index in [4.69, 9.17) is 12.8 Å².